The molecule has 0 aliphatic rings. The van der Waals surface area contributed by atoms with Crippen molar-refractivity contribution in [2.75, 3.05) is 5.32 Å². The Morgan fingerprint density at radius 3 is 2.07 bits per heavy atom. The van der Waals surface area contributed by atoms with Crippen LogP contribution in [-0.4, -0.2) is 11.9 Å². The second kappa shape index (κ2) is 8.67. The number of primary amides is 1. The van der Waals surface area contributed by atoms with Crippen LogP contribution >= 0.6 is 0 Å². The lowest BCUT2D eigenvalue weighted by Gasteiger charge is -2.17. The third-order valence-corrected chi connectivity index (χ3v) is 4.20. The molecule has 0 bridgehead atoms. The molecule has 5 heteroatoms. The van der Waals surface area contributed by atoms with Gasteiger partial charge >= 0.3 is 6.03 Å². The van der Waals surface area contributed by atoms with Gasteiger partial charge in [0.2, 0.25) is 5.91 Å². The molecule has 0 unspecified atom stereocenters. The smallest absolute Gasteiger partial charge is 0.320 e. The van der Waals surface area contributed by atoms with Crippen LogP contribution in [0.5, 0.6) is 0 Å². The van der Waals surface area contributed by atoms with Crippen LogP contribution in [0.25, 0.3) is 0 Å². The van der Waals surface area contributed by atoms with E-state index in [1.165, 1.54) is 0 Å². The van der Waals surface area contributed by atoms with Gasteiger partial charge in [0.05, 0.1) is 0 Å². The molecule has 3 aromatic carbocycles. The highest BCUT2D eigenvalue weighted by molar-refractivity contribution is 5.94. The molecule has 0 saturated heterocycles. The number of nitrogens with one attached hydrogen (secondary N) is 2. The number of hydrogen-bond donors (Lipinski definition) is 3. The molecule has 0 aliphatic carbocycles. The Morgan fingerprint density at radius 1 is 0.815 bits per heavy atom. The molecule has 5 nitrogen and oxygen atoms in total. The number of amides is 3. The van der Waals surface area contributed by atoms with Gasteiger partial charge in [-0.15, -0.1) is 0 Å². The van der Waals surface area contributed by atoms with Crippen molar-refractivity contribution in [3.63, 3.8) is 0 Å². The van der Waals surface area contributed by atoms with E-state index in [-0.39, 0.29) is 0 Å². The molecule has 0 saturated carbocycles. The van der Waals surface area contributed by atoms with Crippen molar-refractivity contribution in [2.45, 2.75) is 12.5 Å². The lowest BCUT2D eigenvalue weighted by atomic mass is 10.0. The molecule has 3 amide bonds. The summed E-state index contributed by atoms with van der Waals surface area (Å²) >= 11 is 0. The number of para-hydroxylation sites is 1. The Labute approximate surface area is 158 Å². The fourth-order valence-electron chi connectivity index (χ4n) is 2.87. The van der Waals surface area contributed by atoms with Crippen molar-refractivity contribution in [2.24, 2.45) is 5.73 Å². The van der Waals surface area contributed by atoms with E-state index in [2.05, 4.69) is 10.6 Å². The number of carbonyl (C=O) groups excluding carboxylic acids is 2. The number of nitrogens with two attached hydrogens (primary N) is 1. The second-order valence-corrected chi connectivity index (χ2v) is 6.16. The lowest BCUT2D eigenvalue weighted by molar-refractivity contribution is -0.119. The maximum atomic E-state index is 12.5. The maximum absolute atomic E-state index is 12.5. The first kappa shape index (κ1) is 18.2. The Kier molecular flexibility index (Phi) is 5.84. The lowest BCUT2D eigenvalue weighted by Crippen LogP contribution is -2.39. The largest absolute Gasteiger partial charge is 0.368 e. The minimum Gasteiger partial charge on any atom is -0.368 e. The van der Waals surface area contributed by atoms with Crippen LogP contribution in [0, 0.1) is 0 Å². The van der Waals surface area contributed by atoms with E-state index in [0.29, 0.717) is 17.7 Å². The zero-order valence-electron chi connectivity index (χ0n) is 14.8. The highest BCUT2D eigenvalue weighted by Gasteiger charge is 2.20. The normalized spacial score (nSPS) is 11.4. The Hall–Kier alpha value is -3.60. The van der Waals surface area contributed by atoms with E-state index in [1.54, 1.807) is 24.3 Å². The minimum absolute atomic E-state index is 0.483. The van der Waals surface area contributed by atoms with Crippen molar-refractivity contribution in [1.82, 2.24) is 5.32 Å². The van der Waals surface area contributed by atoms with Gasteiger partial charge in [0.25, 0.3) is 0 Å². The molecule has 136 valence electrons. The molecular formula is C22H21N3O2. The maximum Gasteiger partial charge on any atom is 0.320 e. The molecular weight excluding hydrogens is 338 g/mol. The summed E-state index contributed by atoms with van der Waals surface area (Å²) in [5.74, 6) is -0.617. The summed E-state index contributed by atoms with van der Waals surface area (Å²) in [6, 6.07) is 25.1. The molecule has 0 aliphatic heterocycles. The Bertz CT molecular complexity index is 911. The van der Waals surface area contributed by atoms with Crippen molar-refractivity contribution < 1.29 is 9.59 Å². The molecule has 0 aromatic heterocycles. The molecule has 4 N–H and O–H groups in total. The van der Waals surface area contributed by atoms with Gasteiger partial charge in [-0.05, 0) is 29.2 Å². The van der Waals surface area contributed by atoms with E-state index >= 15 is 0 Å². The van der Waals surface area contributed by atoms with Gasteiger partial charge in [-0.2, -0.15) is 0 Å². The van der Waals surface area contributed by atoms with Crippen LogP contribution in [0.4, 0.5) is 10.5 Å². The van der Waals surface area contributed by atoms with Gasteiger partial charge in [-0.3, -0.25) is 4.79 Å². The Balaban J connectivity index is 1.73. The fourth-order valence-corrected chi connectivity index (χ4v) is 2.87. The molecule has 0 radical (unpaired) electrons. The average Bonchev–Trinajstić information content (AvgIpc) is 2.69. The van der Waals surface area contributed by atoms with Crippen LogP contribution in [0.2, 0.25) is 0 Å². The first-order valence-electron chi connectivity index (χ1n) is 8.67. The monoisotopic (exact) mass is 359 g/mol. The summed E-state index contributed by atoms with van der Waals surface area (Å²) in [4.78, 5) is 24.3. The first-order chi connectivity index (χ1) is 13.1. The van der Waals surface area contributed by atoms with Crippen LogP contribution in [0.3, 0.4) is 0 Å². The number of urea groups is 1. The first-order valence-corrected chi connectivity index (χ1v) is 8.67. The van der Waals surface area contributed by atoms with Crippen molar-refractivity contribution in [3.05, 3.63) is 102 Å². The summed E-state index contributed by atoms with van der Waals surface area (Å²) in [5.41, 5.74) is 8.91. The van der Waals surface area contributed by atoms with E-state index in [0.717, 1.165) is 11.1 Å². The fraction of sp³-hybridized carbons (Fsp3) is 0.0909. The molecule has 0 heterocycles. The summed E-state index contributed by atoms with van der Waals surface area (Å²) < 4.78 is 0. The molecule has 0 spiro atoms. The summed E-state index contributed by atoms with van der Waals surface area (Å²) in [7, 11) is 0. The number of benzene rings is 3. The highest BCUT2D eigenvalue weighted by Crippen LogP contribution is 2.19. The molecule has 1 atom stereocenters. The quantitative estimate of drug-likeness (QED) is 0.628. The zero-order valence-corrected chi connectivity index (χ0v) is 14.8. The SMILES string of the molecule is NC(=O)[C@H](NC(=O)Nc1ccccc1Cc1ccccc1)c1ccccc1. The third kappa shape index (κ3) is 4.95. The highest BCUT2D eigenvalue weighted by atomic mass is 16.2. The van der Waals surface area contributed by atoms with E-state index in [4.69, 9.17) is 5.73 Å². The second-order valence-electron chi connectivity index (χ2n) is 6.16. The predicted octanol–water partition coefficient (Wildman–Crippen LogP) is 3.63. The number of anilines is 1. The van der Waals surface area contributed by atoms with Gasteiger partial charge in [-0.1, -0.05) is 78.9 Å². The van der Waals surface area contributed by atoms with E-state index < -0.39 is 18.0 Å². The van der Waals surface area contributed by atoms with Crippen LogP contribution < -0.4 is 16.4 Å². The van der Waals surface area contributed by atoms with Crippen LogP contribution in [0.1, 0.15) is 22.7 Å². The standard InChI is InChI=1S/C22H21N3O2/c23-21(26)20(17-11-5-2-6-12-17)25-22(27)24-19-14-8-7-13-18(19)15-16-9-3-1-4-10-16/h1-14,20H,15H2,(H2,23,26)(H2,24,25,27)/t20-/m1/s1. The van der Waals surface area contributed by atoms with Crippen LogP contribution in [-0.2, 0) is 11.2 Å². The zero-order chi connectivity index (χ0) is 19.1. The van der Waals surface area contributed by atoms with Gasteiger partial charge < -0.3 is 16.4 Å². The molecule has 27 heavy (non-hydrogen) atoms. The summed E-state index contributed by atoms with van der Waals surface area (Å²) in [5, 5.41) is 5.48. The number of hydrogen-bond acceptors (Lipinski definition) is 2. The number of rotatable bonds is 6. The van der Waals surface area contributed by atoms with Crippen molar-refractivity contribution in [1.29, 1.82) is 0 Å². The minimum atomic E-state index is -0.896. The number of carbonyl (C=O) groups is 2. The van der Waals surface area contributed by atoms with E-state index in [1.807, 2.05) is 60.7 Å². The van der Waals surface area contributed by atoms with Gasteiger partial charge in [0, 0.05) is 5.69 Å². The average molecular weight is 359 g/mol. The predicted molar refractivity (Wildman–Crippen MR) is 106 cm³/mol. The molecule has 3 aromatic rings. The Morgan fingerprint density at radius 2 is 1.41 bits per heavy atom. The summed E-state index contributed by atoms with van der Waals surface area (Å²) in [6.45, 7) is 0. The van der Waals surface area contributed by atoms with Crippen molar-refractivity contribution >= 4 is 17.6 Å². The van der Waals surface area contributed by atoms with Crippen LogP contribution in [0.15, 0.2) is 84.9 Å². The molecule has 3 rings (SSSR count). The topological polar surface area (TPSA) is 84.2 Å². The van der Waals surface area contributed by atoms with Gasteiger partial charge in [-0.25, -0.2) is 4.79 Å². The van der Waals surface area contributed by atoms with Gasteiger partial charge in [0.15, 0.2) is 0 Å². The third-order valence-electron chi connectivity index (χ3n) is 4.20. The molecule has 0 fully saturated rings. The summed E-state index contributed by atoms with van der Waals surface area (Å²) in [6.07, 6.45) is 0.690. The van der Waals surface area contributed by atoms with Gasteiger partial charge in [0.1, 0.15) is 6.04 Å². The van der Waals surface area contributed by atoms with Crippen molar-refractivity contribution in [3.8, 4) is 0 Å². The van der Waals surface area contributed by atoms with E-state index in [9.17, 15) is 9.59 Å².